The largest absolute Gasteiger partial charge is 0.309 e. The van der Waals surface area contributed by atoms with E-state index in [1.807, 2.05) is 18.4 Å². The van der Waals surface area contributed by atoms with Crippen molar-refractivity contribution in [2.75, 3.05) is 0 Å². The van der Waals surface area contributed by atoms with Crippen LogP contribution in [-0.2, 0) is 4.79 Å². The van der Waals surface area contributed by atoms with Gasteiger partial charge in [0.05, 0.1) is 17.1 Å². The van der Waals surface area contributed by atoms with Gasteiger partial charge in [-0.25, -0.2) is 4.98 Å². The zero-order valence-corrected chi connectivity index (χ0v) is 10.5. The Kier molecular flexibility index (Phi) is 2.94. The molecule has 2 unspecified atom stereocenters. The number of rotatable bonds is 2. The molecule has 0 radical (unpaired) electrons. The number of nitrogens with two attached hydrogens (primary N) is 1. The number of hydrogen-bond donors (Lipinski definition) is 2. The highest BCUT2D eigenvalue weighted by molar-refractivity contribution is 8.08. The fourth-order valence-electron chi connectivity index (χ4n) is 1.58. The van der Waals surface area contributed by atoms with Gasteiger partial charge >= 0.3 is 0 Å². The third-order valence-corrected chi connectivity index (χ3v) is 4.66. The van der Waals surface area contributed by atoms with Crippen molar-refractivity contribution in [2.24, 2.45) is 5.73 Å². The first-order valence-corrected chi connectivity index (χ1v) is 6.52. The van der Waals surface area contributed by atoms with Crippen LogP contribution in [0.2, 0.25) is 0 Å². The number of nitrogens with zero attached hydrogens (tertiary/aromatic N) is 1. The Hall–Kier alpha value is -0.300. The molecule has 15 heavy (non-hydrogen) atoms. The molecule has 1 aromatic rings. The van der Waals surface area contributed by atoms with Crippen LogP contribution in [-0.4, -0.2) is 15.0 Å². The molecule has 2 N–H and O–H groups in total. The molecular weight excluding hydrogens is 248 g/mol. The van der Waals surface area contributed by atoms with Crippen LogP contribution in [0.25, 0.3) is 0 Å². The first-order valence-electron chi connectivity index (χ1n) is 4.32. The van der Waals surface area contributed by atoms with E-state index in [1.165, 1.54) is 23.1 Å². The van der Waals surface area contributed by atoms with E-state index in [0.29, 0.717) is 0 Å². The van der Waals surface area contributed by atoms with E-state index in [9.17, 15) is 4.79 Å². The molecule has 1 aromatic heterocycles. The summed E-state index contributed by atoms with van der Waals surface area (Å²) in [6.07, 6.45) is 1.98. The van der Waals surface area contributed by atoms with Crippen molar-refractivity contribution in [1.29, 1.82) is 0 Å². The lowest BCUT2D eigenvalue weighted by molar-refractivity contribution is -0.113. The van der Waals surface area contributed by atoms with Crippen LogP contribution in [0.15, 0.2) is 21.9 Å². The average molecular weight is 258 g/mol. The Morgan fingerprint density at radius 3 is 3.00 bits per heavy atom. The third-order valence-electron chi connectivity index (χ3n) is 2.30. The standard InChI is InChI=1S/C9H10N2OS3/c1-5-2-6(7-3-14-4-11-7)9(10,15-5)8(12)13/h2-4,6H,10H2,1H3,(H,12,13). The summed E-state index contributed by atoms with van der Waals surface area (Å²) < 4.78 is 0. The predicted octanol–water partition coefficient (Wildman–Crippen LogP) is 1.99. The summed E-state index contributed by atoms with van der Waals surface area (Å²) in [5, 5.41) is 1.61. The van der Waals surface area contributed by atoms with Crippen molar-refractivity contribution in [3.8, 4) is 0 Å². The second-order valence-electron chi connectivity index (χ2n) is 3.37. The number of allylic oxidation sites excluding steroid dienone is 1. The lowest BCUT2D eigenvalue weighted by Gasteiger charge is -2.25. The number of thiazole rings is 1. The van der Waals surface area contributed by atoms with Gasteiger partial charge < -0.3 is 5.73 Å². The van der Waals surface area contributed by atoms with Gasteiger partial charge in [0.1, 0.15) is 4.87 Å². The maximum Gasteiger partial charge on any atom is 0.217 e. The summed E-state index contributed by atoms with van der Waals surface area (Å²) in [5.41, 5.74) is 8.66. The Balaban J connectivity index is 2.41. The summed E-state index contributed by atoms with van der Waals surface area (Å²) in [6, 6.07) is 0. The predicted molar refractivity (Wildman–Crippen MR) is 67.1 cm³/mol. The molecule has 6 heteroatoms. The minimum absolute atomic E-state index is 0.168. The molecule has 1 aliphatic rings. The van der Waals surface area contributed by atoms with Crippen LogP contribution >= 0.6 is 35.7 Å². The Bertz CT molecular complexity index is 415. The zero-order chi connectivity index (χ0) is 11.1. The number of thiol groups is 1. The number of hydrogen-bond acceptors (Lipinski definition) is 5. The molecule has 3 nitrogen and oxygen atoms in total. The second kappa shape index (κ2) is 3.93. The highest BCUT2D eigenvalue weighted by Gasteiger charge is 2.46. The minimum atomic E-state index is -0.999. The fraction of sp³-hybridized carbons (Fsp3) is 0.333. The fourth-order valence-corrected chi connectivity index (χ4v) is 3.59. The molecule has 2 rings (SSSR count). The highest BCUT2D eigenvalue weighted by Crippen LogP contribution is 2.48. The van der Waals surface area contributed by atoms with Crippen molar-refractivity contribution in [3.63, 3.8) is 0 Å². The van der Waals surface area contributed by atoms with Crippen LogP contribution in [0.4, 0.5) is 0 Å². The third kappa shape index (κ3) is 1.87. The van der Waals surface area contributed by atoms with Gasteiger partial charge in [0.25, 0.3) is 0 Å². The van der Waals surface area contributed by atoms with Gasteiger partial charge in [-0.1, -0.05) is 17.8 Å². The molecule has 0 amide bonds. The molecule has 0 fully saturated rings. The molecule has 0 aromatic carbocycles. The quantitative estimate of drug-likeness (QED) is 0.797. The molecule has 0 saturated heterocycles. The van der Waals surface area contributed by atoms with Crippen LogP contribution < -0.4 is 5.73 Å². The molecule has 1 aliphatic heterocycles. The van der Waals surface area contributed by atoms with Crippen molar-refractivity contribution in [2.45, 2.75) is 17.7 Å². The van der Waals surface area contributed by atoms with Crippen molar-refractivity contribution < 1.29 is 4.79 Å². The lowest BCUT2D eigenvalue weighted by atomic mass is 9.97. The Morgan fingerprint density at radius 2 is 2.47 bits per heavy atom. The molecule has 0 saturated carbocycles. The van der Waals surface area contributed by atoms with E-state index >= 15 is 0 Å². The van der Waals surface area contributed by atoms with Gasteiger partial charge in [0.2, 0.25) is 5.12 Å². The van der Waals surface area contributed by atoms with Crippen LogP contribution in [0.3, 0.4) is 0 Å². The number of carbonyl (C=O) groups is 1. The normalized spacial score (nSPS) is 30.3. The van der Waals surface area contributed by atoms with Gasteiger partial charge in [-0.3, -0.25) is 4.79 Å². The van der Waals surface area contributed by atoms with Gasteiger partial charge in [-0.2, -0.15) is 0 Å². The van der Waals surface area contributed by atoms with E-state index in [0.717, 1.165) is 10.6 Å². The van der Waals surface area contributed by atoms with Gasteiger partial charge in [-0.05, 0) is 11.8 Å². The van der Waals surface area contributed by atoms with Crippen molar-refractivity contribution >= 4 is 40.8 Å². The smallest absolute Gasteiger partial charge is 0.217 e. The van der Waals surface area contributed by atoms with E-state index < -0.39 is 4.87 Å². The van der Waals surface area contributed by atoms with E-state index in [2.05, 4.69) is 17.6 Å². The Morgan fingerprint density at radius 1 is 1.73 bits per heavy atom. The molecule has 0 spiro atoms. The first-order chi connectivity index (χ1) is 7.04. The number of thioether (sulfide) groups is 1. The molecule has 0 aliphatic carbocycles. The maximum atomic E-state index is 11.5. The minimum Gasteiger partial charge on any atom is -0.309 e. The van der Waals surface area contributed by atoms with Gasteiger partial charge in [0.15, 0.2) is 0 Å². The molecule has 0 bridgehead atoms. The van der Waals surface area contributed by atoms with Gasteiger partial charge in [-0.15, -0.1) is 24.0 Å². The molecule has 2 heterocycles. The lowest BCUT2D eigenvalue weighted by Crippen LogP contribution is -2.45. The van der Waals surface area contributed by atoms with Crippen molar-refractivity contribution in [3.05, 3.63) is 27.6 Å². The van der Waals surface area contributed by atoms with Crippen LogP contribution in [0.5, 0.6) is 0 Å². The van der Waals surface area contributed by atoms with Crippen molar-refractivity contribution in [1.82, 2.24) is 4.98 Å². The summed E-state index contributed by atoms with van der Waals surface area (Å²) in [5.74, 6) is -0.168. The maximum absolute atomic E-state index is 11.5. The topological polar surface area (TPSA) is 56.0 Å². The zero-order valence-electron chi connectivity index (χ0n) is 8.01. The Labute approximate surface area is 102 Å². The monoisotopic (exact) mass is 258 g/mol. The number of carbonyl (C=O) groups excluding carboxylic acids is 1. The summed E-state index contributed by atoms with van der Waals surface area (Å²) in [7, 11) is 0. The first kappa shape index (κ1) is 11.2. The second-order valence-corrected chi connectivity index (χ2v) is 6.02. The van der Waals surface area contributed by atoms with E-state index in [1.54, 1.807) is 5.51 Å². The summed E-state index contributed by atoms with van der Waals surface area (Å²) in [6.45, 7) is 1.94. The average Bonchev–Trinajstić information content (AvgIpc) is 2.73. The summed E-state index contributed by atoms with van der Waals surface area (Å²) in [4.78, 5) is 15.7. The van der Waals surface area contributed by atoms with E-state index in [-0.39, 0.29) is 11.0 Å². The molecule has 2 atom stereocenters. The summed E-state index contributed by atoms with van der Waals surface area (Å²) >= 11 is 6.73. The van der Waals surface area contributed by atoms with Crippen LogP contribution in [0.1, 0.15) is 18.5 Å². The van der Waals surface area contributed by atoms with E-state index in [4.69, 9.17) is 5.73 Å². The number of aromatic nitrogens is 1. The van der Waals surface area contributed by atoms with Gasteiger partial charge in [0, 0.05) is 5.38 Å². The SMILES string of the molecule is CC1=CC(c2cscn2)C(N)(C(=O)S)S1. The van der Waals surface area contributed by atoms with Crippen LogP contribution in [0, 0.1) is 0 Å². The molecular formula is C9H10N2OS3. The molecule has 80 valence electrons. The highest BCUT2D eigenvalue weighted by atomic mass is 32.2.